The molecule has 6 nitrogen and oxygen atoms in total. The van der Waals surface area contributed by atoms with Gasteiger partial charge in [-0.1, -0.05) is 37.8 Å². The van der Waals surface area contributed by atoms with Crippen LogP contribution in [0, 0.1) is 13.8 Å². The third-order valence-electron chi connectivity index (χ3n) is 7.55. The predicted octanol–water partition coefficient (Wildman–Crippen LogP) is 4.35. The normalized spacial score (nSPS) is 20.8. The van der Waals surface area contributed by atoms with Crippen LogP contribution in [0.5, 0.6) is 0 Å². The third kappa shape index (κ3) is 4.25. The van der Waals surface area contributed by atoms with Gasteiger partial charge in [-0.2, -0.15) is 5.10 Å². The highest BCUT2D eigenvalue weighted by Crippen LogP contribution is 2.26. The number of hydrogen-bond donors (Lipinski definition) is 1. The Labute approximate surface area is 190 Å². The van der Waals surface area contributed by atoms with Gasteiger partial charge in [-0.05, 0) is 57.2 Å². The van der Waals surface area contributed by atoms with Crippen LogP contribution in [0.1, 0.15) is 68.3 Å². The molecule has 3 heterocycles. The van der Waals surface area contributed by atoms with Crippen LogP contribution in [0.3, 0.4) is 0 Å². The van der Waals surface area contributed by atoms with Gasteiger partial charge in [0, 0.05) is 48.4 Å². The highest BCUT2D eigenvalue weighted by molar-refractivity contribution is 5.92. The van der Waals surface area contributed by atoms with E-state index in [9.17, 15) is 4.79 Å². The molecule has 2 aliphatic rings. The van der Waals surface area contributed by atoms with Crippen molar-refractivity contribution in [3.8, 4) is 0 Å². The van der Waals surface area contributed by atoms with Crippen LogP contribution in [0.2, 0.25) is 0 Å². The van der Waals surface area contributed by atoms with E-state index in [4.69, 9.17) is 10.1 Å². The van der Waals surface area contributed by atoms with Gasteiger partial charge in [-0.3, -0.25) is 9.69 Å². The number of amides is 1. The van der Waals surface area contributed by atoms with Gasteiger partial charge >= 0.3 is 0 Å². The number of benzene rings is 1. The zero-order valence-electron chi connectivity index (χ0n) is 19.4. The quantitative estimate of drug-likeness (QED) is 0.608. The Kier molecular flexibility index (Phi) is 6.13. The van der Waals surface area contributed by atoms with Crippen molar-refractivity contribution in [2.24, 2.45) is 0 Å². The number of carbonyl (C=O) groups is 1. The number of hydrogen-bond acceptors (Lipinski definition) is 4. The maximum absolute atomic E-state index is 12.8. The number of carbonyl (C=O) groups excluding carboxylic acids is 1. The van der Waals surface area contributed by atoms with Crippen LogP contribution >= 0.6 is 0 Å². The summed E-state index contributed by atoms with van der Waals surface area (Å²) in [6, 6.07) is 9.14. The number of aryl methyl sites for hydroxylation is 2. The topological polar surface area (TPSA) is 62.5 Å². The number of fused-ring (bicyclic) bond motifs is 3. The molecule has 2 aromatic heterocycles. The first-order valence-electron chi connectivity index (χ1n) is 12.4. The fourth-order valence-electron chi connectivity index (χ4n) is 5.74. The van der Waals surface area contributed by atoms with Gasteiger partial charge in [-0.15, -0.1) is 0 Å². The van der Waals surface area contributed by atoms with E-state index in [-0.39, 0.29) is 5.91 Å². The first kappa shape index (κ1) is 21.4. The second-order valence-electron chi connectivity index (χ2n) is 9.71. The molecule has 1 saturated heterocycles. The van der Waals surface area contributed by atoms with Crippen molar-refractivity contribution in [3.63, 3.8) is 0 Å². The third-order valence-corrected chi connectivity index (χ3v) is 7.55. The van der Waals surface area contributed by atoms with E-state index in [1.165, 1.54) is 38.5 Å². The largest absolute Gasteiger partial charge is 0.352 e. The van der Waals surface area contributed by atoms with Crippen LogP contribution < -0.4 is 5.32 Å². The minimum Gasteiger partial charge on any atom is -0.352 e. The van der Waals surface area contributed by atoms with Crippen molar-refractivity contribution in [1.82, 2.24) is 24.8 Å². The van der Waals surface area contributed by atoms with Crippen LogP contribution in [0.25, 0.3) is 16.6 Å². The first-order chi connectivity index (χ1) is 15.6. The lowest BCUT2D eigenvalue weighted by molar-refractivity contribution is -0.121. The molecule has 1 aliphatic carbocycles. The molecule has 5 rings (SSSR count). The fourth-order valence-corrected chi connectivity index (χ4v) is 5.74. The van der Waals surface area contributed by atoms with Crippen molar-refractivity contribution in [1.29, 1.82) is 0 Å². The van der Waals surface area contributed by atoms with E-state index in [1.54, 1.807) is 0 Å². The summed E-state index contributed by atoms with van der Waals surface area (Å²) in [5.41, 5.74) is 5.06. The minimum atomic E-state index is 0.155. The molecule has 1 amide bonds. The zero-order valence-corrected chi connectivity index (χ0v) is 19.4. The fraction of sp³-hybridized carbons (Fsp3) is 0.577. The molecule has 1 saturated carbocycles. The van der Waals surface area contributed by atoms with Gasteiger partial charge in [0.2, 0.25) is 5.91 Å². The summed E-state index contributed by atoms with van der Waals surface area (Å²) in [6.45, 7) is 6.27. The molecule has 0 radical (unpaired) electrons. The minimum absolute atomic E-state index is 0.155. The Morgan fingerprint density at radius 1 is 1.09 bits per heavy atom. The number of likely N-dealkylation sites (tertiary alicyclic amines) is 1. The zero-order chi connectivity index (χ0) is 22.1. The maximum Gasteiger partial charge on any atom is 0.220 e. The van der Waals surface area contributed by atoms with E-state index in [0.29, 0.717) is 18.9 Å². The molecule has 170 valence electrons. The van der Waals surface area contributed by atoms with Gasteiger partial charge in [0.05, 0.1) is 5.52 Å². The summed E-state index contributed by atoms with van der Waals surface area (Å²) >= 11 is 0. The van der Waals surface area contributed by atoms with E-state index in [2.05, 4.69) is 23.2 Å². The molecule has 32 heavy (non-hydrogen) atoms. The molecule has 1 atom stereocenters. The van der Waals surface area contributed by atoms with Crippen molar-refractivity contribution in [3.05, 3.63) is 41.2 Å². The summed E-state index contributed by atoms with van der Waals surface area (Å²) in [5, 5.41) is 9.11. The van der Waals surface area contributed by atoms with Gasteiger partial charge in [0.1, 0.15) is 0 Å². The van der Waals surface area contributed by atoms with Gasteiger partial charge in [0.15, 0.2) is 5.65 Å². The number of aromatic nitrogens is 3. The molecule has 0 bridgehead atoms. The van der Waals surface area contributed by atoms with E-state index >= 15 is 0 Å². The monoisotopic (exact) mass is 433 g/mol. The summed E-state index contributed by atoms with van der Waals surface area (Å²) in [7, 11) is 0. The van der Waals surface area contributed by atoms with Gasteiger partial charge in [0.25, 0.3) is 0 Å². The van der Waals surface area contributed by atoms with Crippen LogP contribution in [-0.2, 0) is 11.2 Å². The molecule has 1 aromatic carbocycles. The molecule has 0 spiro atoms. The highest BCUT2D eigenvalue weighted by Gasteiger charge is 2.29. The molecule has 3 aromatic rings. The Balaban J connectivity index is 1.21. The van der Waals surface area contributed by atoms with Crippen molar-refractivity contribution in [2.45, 2.75) is 83.7 Å². The summed E-state index contributed by atoms with van der Waals surface area (Å²) in [5.74, 6) is 0.155. The maximum atomic E-state index is 12.8. The van der Waals surface area contributed by atoms with Crippen LogP contribution in [0.15, 0.2) is 24.3 Å². The summed E-state index contributed by atoms with van der Waals surface area (Å²) < 4.78 is 1.94. The van der Waals surface area contributed by atoms with E-state index in [0.717, 1.165) is 59.1 Å². The molecule has 6 heteroatoms. The second kappa shape index (κ2) is 9.18. The van der Waals surface area contributed by atoms with Crippen molar-refractivity contribution < 1.29 is 4.79 Å². The lowest BCUT2D eigenvalue weighted by Gasteiger charge is -2.26. The Bertz CT molecular complexity index is 1110. The highest BCUT2D eigenvalue weighted by atomic mass is 16.1. The number of nitrogens with one attached hydrogen (secondary N) is 1. The van der Waals surface area contributed by atoms with Crippen LogP contribution in [0.4, 0.5) is 0 Å². The van der Waals surface area contributed by atoms with E-state index < -0.39 is 0 Å². The SMILES string of the molecule is Cc1nc2c3ccccc3nn2c(C)c1CCC(=O)NC1CCN(C2CCCCCC2)C1. The van der Waals surface area contributed by atoms with Gasteiger partial charge in [-0.25, -0.2) is 9.50 Å². The second-order valence-corrected chi connectivity index (χ2v) is 9.71. The average molecular weight is 434 g/mol. The summed E-state index contributed by atoms with van der Waals surface area (Å²) in [6.07, 6.45) is 10.4. The Morgan fingerprint density at radius 2 is 1.88 bits per heavy atom. The smallest absolute Gasteiger partial charge is 0.220 e. The van der Waals surface area contributed by atoms with E-state index in [1.807, 2.05) is 29.6 Å². The number of nitrogens with zero attached hydrogens (tertiary/aromatic N) is 4. The van der Waals surface area contributed by atoms with Gasteiger partial charge < -0.3 is 5.32 Å². The molecule has 1 N–H and O–H groups in total. The Morgan fingerprint density at radius 3 is 2.69 bits per heavy atom. The standard InChI is InChI=1S/C26H35N5O/c1-18-22(19(2)31-26(27-18)23-11-7-8-12-24(23)29-31)13-14-25(32)28-20-15-16-30(17-20)21-9-5-3-4-6-10-21/h7-8,11-12,20-21H,3-6,9-10,13-17H2,1-2H3,(H,28,32). The Hall–Kier alpha value is -2.47. The van der Waals surface area contributed by atoms with Crippen molar-refractivity contribution in [2.75, 3.05) is 13.1 Å². The predicted molar refractivity (Wildman–Crippen MR) is 128 cm³/mol. The number of rotatable bonds is 5. The molecule has 2 fully saturated rings. The first-order valence-corrected chi connectivity index (χ1v) is 12.4. The van der Waals surface area contributed by atoms with Crippen LogP contribution in [-0.4, -0.2) is 50.6 Å². The average Bonchev–Trinajstić information content (AvgIpc) is 3.29. The lowest BCUT2D eigenvalue weighted by Crippen LogP contribution is -2.39. The van der Waals surface area contributed by atoms with Crippen molar-refractivity contribution >= 4 is 22.5 Å². The lowest BCUT2D eigenvalue weighted by atomic mass is 10.1. The molecule has 1 unspecified atom stereocenters. The summed E-state index contributed by atoms with van der Waals surface area (Å²) in [4.78, 5) is 20.2. The molecular weight excluding hydrogens is 398 g/mol. The molecule has 1 aliphatic heterocycles. The molecular formula is C26H35N5O.